The highest BCUT2D eigenvalue weighted by Crippen LogP contribution is 2.25. The SMILES string of the molecule is O=C(Nc1ccc(Cl)cc1F)c1cccc(N2CCCS2(=O)=O)c1. The molecule has 126 valence electrons. The Labute approximate surface area is 144 Å². The minimum Gasteiger partial charge on any atom is -0.319 e. The molecular formula is C16H14ClFN2O3S. The molecule has 0 atom stereocenters. The standard InChI is InChI=1S/C16H14ClFN2O3S/c17-12-5-6-15(14(18)10-12)19-16(21)11-3-1-4-13(9-11)20-7-2-8-24(20,22)23/h1,3-6,9-10H,2,7-8H2,(H,19,21). The first-order valence-corrected chi connectivity index (χ1v) is 9.22. The summed E-state index contributed by atoms with van der Waals surface area (Å²) in [6, 6.07) is 10.2. The van der Waals surface area contributed by atoms with Crippen LogP contribution in [0.3, 0.4) is 0 Å². The van der Waals surface area contributed by atoms with E-state index in [1.807, 2.05) is 0 Å². The van der Waals surface area contributed by atoms with E-state index in [1.54, 1.807) is 12.1 Å². The van der Waals surface area contributed by atoms with Crippen LogP contribution in [-0.4, -0.2) is 26.6 Å². The zero-order valence-corrected chi connectivity index (χ0v) is 14.1. The van der Waals surface area contributed by atoms with Gasteiger partial charge >= 0.3 is 0 Å². The van der Waals surface area contributed by atoms with Crippen LogP contribution >= 0.6 is 11.6 Å². The maximum Gasteiger partial charge on any atom is 0.255 e. The molecule has 1 N–H and O–H groups in total. The molecule has 0 radical (unpaired) electrons. The number of nitrogens with zero attached hydrogens (tertiary/aromatic N) is 1. The molecule has 1 aliphatic heterocycles. The number of sulfonamides is 1. The van der Waals surface area contributed by atoms with E-state index >= 15 is 0 Å². The second kappa shape index (κ2) is 6.41. The van der Waals surface area contributed by atoms with Crippen LogP contribution in [0, 0.1) is 5.82 Å². The van der Waals surface area contributed by atoms with Gasteiger partial charge in [0.25, 0.3) is 5.91 Å². The number of halogens is 2. The molecule has 5 nitrogen and oxygen atoms in total. The first-order valence-electron chi connectivity index (χ1n) is 7.24. The van der Waals surface area contributed by atoms with Gasteiger partial charge in [0.15, 0.2) is 0 Å². The Kier molecular flexibility index (Phi) is 4.47. The van der Waals surface area contributed by atoms with Crippen molar-refractivity contribution in [2.45, 2.75) is 6.42 Å². The van der Waals surface area contributed by atoms with Crippen molar-refractivity contribution >= 4 is 38.9 Å². The lowest BCUT2D eigenvalue weighted by molar-refractivity contribution is 0.102. The Morgan fingerprint density at radius 1 is 1.21 bits per heavy atom. The number of hydrogen-bond acceptors (Lipinski definition) is 3. The van der Waals surface area contributed by atoms with Crippen molar-refractivity contribution in [3.63, 3.8) is 0 Å². The number of nitrogens with one attached hydrogen (secondary N) is 1. The largest absolute Gasteiger partial charge is 0.319 e. The molecule has 2 aromatic rings. The van der Waals surface area contributed by atoms with Gasteiger partial charge in [0, 0.05) is 17.1 Å². The maximum absolute atomic E-state index is 13.8. The van der Waals surface area contributed by atoms with Gasteiger partial charge in [-0.1, -0.05) is 17.7 Å². The Bertz CT molecular complexity index is 902. The lowest BCUT2D eigenvalue weighted by Crippen LogP contribution is -2.25. The summed E-state index contributed by atoms with van der Waals surface area (Å²) in [5.74, 6) is -1.08. The van der Waals surface area contributed by atoms with Gasteiger partial charge in [0.1, 0.15) is 5.82 Å². The van der Waals surface area contributed by atoms with E-state index in [-0.39, 0.29) is 22.0 Å². The summed E-state index contributed by atoms with van der Waals surface area (Å²) in [6.45, 7) is 0.388. The summed E-state index contributed by atoms with van der Waals surface area (Å²) >= 11 is 5.68. The normalized spacial score (nSPS) is 16.2. The maximum atomic E-state index is 13.8. The second-order valence-corrected chi connectivity index (χ2v) is 7.82. The fourth-order valence-electron chi connectivity index (χ4n) is 2.52. The van der Waals surface area contributed by atoms with Crippen LogP contribution in [-0.2, 0) is 10.0 Å². The van der Waals surface area contributed by atoms with E-state index in [9.17, 15) is 17.6 Å². The third kappa shape index (κ3) is 3.37. The molecular weight excluding hydrogens is 355 g/mol. The number of carbonyl (C=O) groups excluding carboxylic acids is 1. The molecule has 1 aliphatic rings. The van der Waals surface area contributed by atoms with Gasteiger partial charge in [-0.3, -0.25) is 9.10 Å². The molecule has 1 amide bonds. The number of rotatable bonds is 3. The first-order chi connectivity index (χ1) is 11.4. The zero-order valence-electron chi connectivity index (χ0n) is 12.5. The van der Waals surface area contributed by atoms with Crippen molar-refractivity contribution in [3.05, 3.63) is 58.9 Å². The number of carbonyl (C=O) groups is 1. The van der Waals surface area contributed by atoms with Crippen LogP contribution in [0.25, 0.3) is 0 Å². The topological polar surface area (TPSA) is 66.5 Å². The fraction of sp³-hybridized carbons (Fsp3) is 0.188. The highest BCUT2D eigenvalue weighted by atomic mass is 35.5. The molecule has 24 heavy (non-hydrogen) atoms. The monoisotopic (exact) mass is 368 g/mol. The highest BCUT2D eigenvalue weighted by Gasteiger charge is 2.28. The van der Waals surface area contributed by atoms with Crippen molar-refractivity contribution in [2.75, 3.05) is 21.9 Å². The summed E-state index contributed by atoms with van der Waals surface area (Å²) in [6.07, 6.45) is 0.550. The summed E-state index contributed by atoms with van der Waals surface area (Å²) < 4.78 is 39.0. The quantitative estimate of drug-likeness (QED) is 0.904. The van der Waals surface area contributed by atoms with E-state index in [1.165, 1.54) is 28.6 Å². The van der Waals surface area contributed by atoms with E-state index in [0.29, 0.717) is 18.7 Å². The Balaban J connectivity index is 1.84. The molecule has 3 rings (SSSR count). The predicted octanol–water partition coefficient (Wildman–Crippen LogP) is 3.27. The minimum atomic E-state index is -3.33. The number of amides is 1. The third-order valence-electron chi connectivity index (χ3n) is 3.67. The minimum absolute atomic E-state index is 0.00333. The van der Waals surface area contributed by atoms with Crippen LogP contribution < -0.4 is 9.62 Å². The second-order valence-electron chi connectivity index (χ2n) is 5.37. The molecule has 0 bridgehead atoms. The van der Waals surface area contributed by atoms with Gasteiger partial charge in [0.05, 0.1) is 17.1 Å². The van der Waals surface area contributed by atoms with Gasteiger partial charge < -0.3 is 5.32 Å². The third-order valence-corrected chi connectivity index (χ3v) is 5.78. The Morgan fingerprint density at radius 3 is 2.67 bits per heavy atom. The van der Waals surface area contributed by atoms with Crippen molar-refractivity contribution in [2.24, 2.45) is 0 Å². The number of benzene rings is 2. The van der Waals surface area contributed by atoms with Crippen LogP contribution in [0.5, 0.6) is 0 Å². The Hall–Kier alpha value is -2.12. The molecule has 0 aromatic heterocycles. The van der Waals surface area contributed by atoms with Gasteiger partial charge in [-0.25, -0.2) is 12.8 Å². The van der Waals surface area contributed by atoms with E-state index < -0.39 is 21.7 Å². The van der Waals surface area contributed by atoms with E-state index in [0.717, 1.165) is 6.07 Å². The molecule has 8 heteroatoms. The number of hydrogen-bond donors (Lipinski definition) is 1. The molecule has 0 unspecified atom stereocenters. The molecule has 0 aliphatic carbocycles. The molecule has 0 spiro atoms. The lowest BCUT2D eigenvalue weighted by atomic mass is 10.1. The summed E-state index contributed by atoms with van der Waals surface area (Å²) in [5, 5.41) is 2.68. The van der Waals surface area contributed by atoms with Crippen LogP contribution in [0.1, 0.15) is 16.8 Å². The van der Waals surface area contributed by atoms with Gasteiger partial charge in [0.2, 0.25) is 10.0 Å². The van der Waals surface area contributed by atoms with Crippen LogP contribution in [0.4, 0.5) is 15.8 Å². The Morgan fingerprint density at radius 2 is 2.00 bits per heavy atom. The van der Waals surface area contributed by atoms with Crippen molar-refractivity contribution in [1.29, 1.82) is 0 Å². The average molecular weight is 369 g/mol. The van der Waals surface area contributed by atoms with E-state index in [2.05, 4.69) is 5.32 Å². The highest BCUT2D eigenvalue weighted by molar-refractivity contribution is 7.93. The number of anilines is 2. The molecule has 1 saturated heterocycles. The molecule has 1 heterocycles. The molecule has 1 fully saturated rings. The predicted molar refractivity (Wildman–Crippen MR) is 91.6 cm³/mol. The van der Waals surface area contributed by atoms with Crippen LogP contribution in [0.15, 0.2) is 42.5 Å². The smallest absolute Gasteiger partial charge is 0.255 e. The van der Waals surface area contributed by atoms with Gasteiger partial charge in [-0.15, -0.1) is 0 Å². The fourth-order valence-corrected chi connectivity index (χ4v) is 4.23. The van der Waals surface area contributed by atoms with Crippen molar-refractivity contribution < 1.29 is 17.6 Å². The molecule has 0 saturated carbocycles. The van der Waals surface area contributed by atoms with E-state index in [4.69, 9.17) is 11.6 Å². The lowest BCUT2D eigenvalue weighted by Gasteiger charge is -2.17. The molecule has 2 aromatic carbocycles. The average Bonchev–Trinajstić information content (AvgIpc) is 2.89. The summed E-state index contributed by atoms with van der Waals surface area (Å²) in [7, 11) is -3.33. The van der Waals surface area contributed by atoms with Gasteiger partial charge in [-0.05, 0) is 42.8 Å². The van der Waals surface area contributed by atoms with Crippen molar-refractivity contribution in [1.82, 2.24) is 0 Å². The summed E-state index contributed by atoms with van der Waals surface area (Å²) in [4.78, 5) is 12.3. The van der Waals surface area contributed by atoms with Crippen molar-refractivity contribution in [3.8, 4) is 0 Å². The van der Waals surface area contributed by atoms with Gasteiger partial charge in [-0.2, -0.15) is 0 Å². The summed E-state index contributed by atoms with van der Waals surface area (Å²) in [5.41, 5.74) is 0.671. The first kappa shape index (κ1) is 16.7. The zero-order chi connectivity index (χ0) is 17.3. The van der Waals surface area contributed by atoms with Crippen LogP contribution in [0.2, 0.25) is 5.02 Å².